The zero-order valence-electron chi connectivity index (χ0n) is 11.9. The molecular formula is C14H23O5S-. The maximum Gasteiger partial charge on any atom is 0.302 e. The van der Waals surface area contributed by atoms with E-state index in [4.69, 9.17) is 0 Å². The molecule has 0 radical (unpaired) electrons. The summed E-state index contributed by atoms with van der Waals surface area (Å²) in [5, 5.41) is 0. The van der Waals surface area contributed by atoms with E-state index in [1.165, 1.54) is 23.7 Å². The van der Waals surface area contributed by atoms with Crippen LogP contribution in [0.1, 0.15) is 45.4 Å². The minimum atomic E-state index is -4.25. The Kier molecular flexibility index (Phi) is 5.07. The molecular weight excluding hydrogens is 280 g/mol. The summed E-state index contributed by atoms with van der Waals surface area (Å²) in [6, 6.07) is 0. The molecule has 0 unspecified atom stereocenters. The summed E-state index contributed by atoms with van der Waals surface area (Å²) < 4.78 is 33.8. The molecule has 6 heteroatoms. The van der Waals surface area contributed by atoms with Crippen molar-refractivity contribution in [2.45, 2.75) is 45.4 Å². The molecule has 4 aliphatic rings. The molecule has 4 saturated carbocycles. The van der Waals surface area contributed by atoms with Crippen molar-refractivity contribution in [3.05, 3.63) is 0 Å². The molecule has 4 rings (SSSR count). The van der Waals surface area contributed by atoms with Gasteiger partial charge in [0.05, 0.1) is 15.9 Å². The Morgan fingerprint density at radius 2 is 1.35 bits per heavy atom. The van der Waals surface area contributed by atoms with Gasteiger partial charge in [-0.15, -0.1) is 0 Å². The molecule has 0 aromatic heterocycles. The smallest absolute Gasteiger partial charge is 0.302 e. The van der Waals surface area contributed by atoms with Crippen LogP contribution in [0.4, 0.5) is 0 Å². The van der Waals surface area contributed by atoms with E-state index in [1.54, 1.807) is 38.5 Å². The summed E-state index contributed by atoms with van der Waals surface area (Å²) in [5.41, 5.74) is 0. The number of hydrogen-bond donors (Lipinski definition) is 0. The molecule has 0 N–H and O–H groups in total. The molecule has 20 heavy (non-hydrogen) atoms. The lowest BCUT2D eigenvalue weighted by Gasteiger charge is -2.49. The molecule has 0 spiro atoms. The van der Waals surface area contributed by atoms with Gasteiger partial charge in [0.15, 0.2) is 0 Å². The second-order valence-corrected chi connectivity index (χ2v) is 8.00. The van der Waals surface area contributed by atoms with E-state index in [0.29, 0.717) is 0 Å². The standard InChI is InChI=1S/C10H16.C4H8O5S/c1-7-2-9-4-8(1)5-10(3-7)6-9;1-4(5)9-2-3-10(6,7)8/h7-10H,1-6H2;2-3H2,1H3,(H,6,7,8)/p-1. The monoisotopic (exact) mass is 303 g/mol. The van der Waals surface area contributed by atoms with E-state index in [1.807, 2.05) is 0 Å². The number of carbonyl (C=O) groups excluding carboxylic acids is 1. The van der Waals surface area contributed by atoms with Gasteiger partial charge in [0.2, 0.25) is 0 Å². The predicted octanol–water partition coefficient (Wildman–Crippen LogP) is 1.93. The van der Waals surface area contributed by atoms with Gasteiger partial charge in [-0.2, -0.15) is 0 Å². The van der Waals surface area contributed by atoms with Crippen molar-refractivity contribution in [3.63, 3.8) is 0 Å². The second kappa shape index (κ2) is 6.43. The summed E-state index contributed by atoms with van der Waals surface area (Å²) in [6.45, 7) is 0.776. The average molecular weight is 303 g/mol. The van der Waals surface area contributed by atoms with Crippen LogP contribution in [-0.2, 0) is 19.6 Å². The van der Waals surface area contributed by atoms with Crippen LogP contribution in [0, 0.1) is 23.7 Å². The van der Waals surface area contributed by atoms with Crippen LogP contribution in [0.2, 0.25) is 0 Å². The number of carbonyl (C=O) groups is 1. The zero-order valence-corrected chi connectivity index (χ0v) is 12.7. The van der Waals surface area contributed by atoms with Crippen LogP contribution in [0.5, 0.6) is 0 Å². The van der Waals surface area contributed by atoms with Crippen molar-refractivity contribution in [2.24, 2.45) is 23.7 Å². The third-order valence-electron chi connectivity index (χ3n) is 4.64. The first-order chi connectivity index (χ1) is 9.32. The molecule has 0 aliphatic heterocycles. The molecule has 4 bridgehead atoms. The van der Waals surface area contributed by atoms with Crippen molar-refractivity contribution in [2.75, 3.05) is 12.4 Å². The van der Waals surface area contributed by atoms with Gasteiger partial charge in [-0.05, 0) is 62.2 Å². The fourth-order valence-electron chi connectivity index (χ4n) is 4.27. The number of hydrogen-bond acceptors (Lipinski definition) is 5. The Balaban J connectivity index is 0.000000147. The van der Waals surface area contributed by atoms with Gasteiger partial charge in [-0.25, -0.2) is 8.42 Å². The van der Waals surface area contributed by atoms with E-state index in [-0.39, 0.29) is 6.61 Å². The minimum Gasteiger partial charge on any atom is -0.748 e. The van der Waals surface area contributed by atoms with Gasteiger partial charge in [0.1, 0.15) is 6.61 Å². The summed E-state index contributed by atoms with van der Waals surface area (Å²) >= 11 is 0. The Labute approximate surface area is 120 Å². The molecule has 0 aromatic rings. The van der Waals surface area contributed by atoms with E-state index < -0.39 is 21.8 Å². The van der Waals surface area contributed by atoms with Crippen molar-refractivity contribution < 1.29 is 22.5 Å². The Morgan fingerprint density at radius 3 is 1.60 bits per heavy atom. The third-order valence-corrected chi connectivity index (χ3v) is 5.31. The van der Waals surface area contributed by atoms with Crippen LogP contribution < -0.4 is 0 Å². The lowest BCUT2D eigenvalue weighted by atomic mass is 9.56. The first kappa shape index (κ1) is 15.8. The van der Waals surface area contributed by atoms with Crippen LogP contribution in [-0.4, -0.2) is 31.3 Å². The molecule has 116 valence electrons. The van der Waals surface area contributed by atoms with Gasteiger partial charge in [-0.3, -0.25) is 4.79 Å². The molecule has 0 amide bonds. The highest BCUT2D eigenvalue weighted by Crippen LogP contribution is 2.53. The molecule has 4 fully saturated rings. The number of rotatable bonds is 3. The van der Waals surface area contributed by atoms with Gasteiger partial charge in [-0.1, -0.05) is 0 Å². The van der Waals surface area contributed by atoms with E-state index in [9.17, 15) is 17.8 Å². The van der Waals surface area contributed by atoms with Crippen LogP contribution in [0.3, 0.4) is 0 Å². The summed E-state index contributed by atoms with van der Waals surface area (Å²) in [4.78, 5) is 10.0. The third kappa shape index (κ3) is 5.05. The zero-order chi connectivity index (χ0) is 14.8. The van der Waals surface area contributed by atoms with Crippen LogP contribution in [0.25, 0.3) is 0 Å². The van der Waals surface area contributed by atoms with Crippen molar-refractivity contribution in [1.29, 1.82) is 0 Å². The first-order valence-corrected chi connectivity index (χ1v) is 8.96. The van der Waals surface area contributed by atoms with Gasteiger partial charge >= 0.3 is 5.97 Å². The Bertz CT molecular complexity index is 386. The SMILES string of the molecule is C1C2CC3CC1CC(C2)C3.CC(=O)OCCS(=O)(=O)[O-]. The lowest BCUT2D eigenvalue weighted by molar-refractivity contribution is -0.140. The highest BCUT2D eigenvalue weighted by atomic mass is 32.2. The normalized spacial score (nSPS) is 34.3. The molecule has 4 aliphatic carbocycles. The fourth-order valence-corrected chi connectivity index (χ4v) is 4.56. The summed E-state index contributed by atoms with van der Waals surface area (Å²) in [7, 11) is -4.25. The van der Waals surface area contributed by atoms with Crippen LogP contribution >= 0.6 is 0 Å². The average Bonchev–Trinajstić information content (AvgIpc) is 2.25. The lowest BCUT2D eigenvalue weighted by Crippen LogP contribution is -2.38. The highest BCUT2D eigenvalue weighted by Gasteiger charge is 2.41. The minimum absolute atomic E-state index is 0.360. The van der Waals surface area contributed by atoms with E-state index in [2.05, 4.69) is 4.74 Å². The Morgan fingerprint density at radius 1 is 1.00 bits per heavy atom. The van der Waals surface area contributed by atoms with Crippen LogP contribution in [0.15, 0.2) is 0 Å². The van der Waals surface area contributed by atoms with Gasteiger partial charge in [0, 0.05) is 6.92 Å². The molecule has 5 nitrogen and oxygen atoms in total. The number of esters is 1. The topological polar surface area (TPSA) is 83.5 Å². The van der Waals surface area contributed by atoms with E-state index in [0.717, 1.165) is 6.92 Å². The highest BCUT2D eigenvalue weighted by molar-refractivity contribution is 7.85. The first-order valence-electron chi connectivity index (χ1n) is 7.38. The Hall–Kier alpha value is -0.620. The number of ether oxygens (including phenoxy) is 1. The second-order valence-electron chi connectivity index (χ2n) is 6.48. The van der Waals surface area contributed by atoms with Crippen molar-refractivity contribution in [3.8, 4) is 0 Å². The maximum absolute atomic E-state index is 10.0. The maximum atomic E-state index is 10.0. The molecule has 0 aromatic carbocycles. The predicted molar refractivity (Wildman–Crippen MR) is 72.9 cm³/mol. The van der Waals surface area contributed by atoms with E-state index >= 15 is 0 Å². The molecule has 0 heterocycles. The quantitative estimate of drug-likeness (QED) is 0.587. The molecule has 0 atom stereocenters. The summed E-state index contributed by atoms with van der Waals surface area (Å²) in [6.07, 6.45) is 9.62. The largest absolute Gasteiger partial charge is 0.748 e. The van der Waals surface area contributed by atoms with Gasteiger partial charge in [0.25, 0.3) is 0 Å². The van der Waals surface area contributed by atoms with Gasteiger partial charge < -0.3 is 9.29 Å². The van der Waals surface area contributed by atoms with Crippen molar-refractivity contribution in [1.82, 2.24) is 0 Å². The molecule has 0 saturated heterocycles. The fraction of sp³-hybridized carbons (Fsp3) is 0.929. The van der Waals surface area contributed by atoms with Crippen molar-refractivity contribution >= 4 is 16.1 Å². The summed E-state index contributed by atoms with van der Waals surface area (Å²) in [5.74, 6) is 3.45.